The molecule has 3 aromatic rings. The molecule has 0 aliphatic heterocycles. The van der Waals surface area contributed by atoms with Crippen molar-refractivity contribution in [2.75, 3.05) is 5.32 Å². The van der Waals surface area contributed by atoms with Crippen LogP contribution in [0.2, 0.25) is 0 Å². The van der Waals surface area contributed by atoms with Crippen molar-refractivity contribution < 1.29 is 23.5 Å². The van der Waals surface area contributed by atoms with Crippen molar-refractivity contribution in [3.05, 3.63) is 52.7 Å². The molecule has 6 heteroatoms. The molecule has 3 rings (SSSR count). The van der Waals surface area contributed by atoms with Crippen LogP contribution in [0.15, 0.2) is 33.1 Å². The Morgan fingerprint density at radius 1 is 1.04 bits per heavy atom. The van der Waals surface area contributed by atoms with Gasteiger partial charge in [0.25, 0.3) is 5.91 Å². The van der Waals surface area contributed by atoms with E-state index in [1.807, 2.05) is 13.8 Å². The number of hydrogen-bond donors (Lipinski definition) is 2. The Morgan fingerprint density at radius 3 is 2.39 bits per heavy atom. The number of fused-ring (bicyclic) bond motifs is 1. The third-order valence-corrected chi connectivity index (χ3v) is 3.77. The summed E-state index contributed by atoms with van der Waals surface area (Å²) < 4.78 is 10.7. The average molecular weight is 313 g/mol. The van der Waals surface area contributed by atoms with Crippen LogP contribution in [-0.2, 0) is 0 Å². The predicted octanol–water partition coefficient (Wildman–Crippen LogP) is 3.90. The molecule has 0 saturated carbocycles. The van der Waals surface area contributed by atoms with E-state index >= 15 is 0 Å². The van der Waals surface area contributed by atoms with Gasteiger partial charge in [-0.3, -0.25) is 4.79 Å². The van der Waals surface area contributed by atoms with Gasteiger partial charge >= 0.3 is 5.97 Å². The van der Waals surface area contributed by atoms with Crippen LogP contribution in [0.5, 0.6) is 0 Å². The summed E-state index contributed by atoms with van der Waals surface area (Å²) in [6.07, 6.45) is 0. The summed E-state index contributed by atoms with van der Waals surface area (Å²) in [4.78, 5) is 23.4. The van der Waals surface area contributed by atoms with E-state index in [-0.39, 0.29) is 11.7 Å². The lowest BCUT2D eigenvalue weighted by atomic mass is 10.1. The van der Waals surface area contributed by atoms with Crippen molar-refractivity contribution in [2.45, 2.75) is 20.8 Å². The van der Waals surface area contributed by atoms with Crippen molar-refractivity contribution >= 4 is 28.5 Å². The summed E-state index contributed by atoms with van der Waals surface area (Å²) in [5.41, 5.74) is 2.32. The molecule has 23 heavy (non-hydrogen) atoms. The van der Waals surface area contributed by atoms with Gasteiger partial charge in [0.1, 0.15) is 17.1 Å². The van der Waals surface area contributed by atoms with Crippen LogP contribution in [0.3, 0.4) is 0 Å². The summed E-state index contributed by atoms with van der Waals surface area (Å²) in [7, 11) is 0. The topological polar surface area (TPSA) is 92.7 Å². The first-order chi connectivity index (χ1) is 10.9. The van der Waals surface area contributed by atoms with E-state index in [4.69, 9.17) is 13.9 Å². The van der Waals surface area contributed by atoms with Gasteiger partial charge in [0, 0.05) is 16.6 Å². The molecule has 0 atom stereocenters. The summed E-state index contributed by atoms with van der Waals surface area (Å²) in [6.45, 7) is 5.39. The van der Waals surface area contributed by atoms with Gasteiger partial charge in [-0.1, -0.05) is 0 Å². The van der Waals surface area contributed by atoms with Crippen LogP contribution >= 0.6 is 0 Å². The second-order valence-electron chi connectivity index (χ2n) is 5.34. The number of aromatic carboxylic acids is 1. The van der Waals surface area contributed by atoms with Gasteiger partial charge in [-0.05, 0) is 45.0 Å². The highest BCUT2D eigenvalue weighted by atomic mass is 16.4. The molecule has 0 aliphatic carbocycles. The van der Waals surface area contributed by atoms with Gasteiger partial charge < -0.3 is 19.3 Å². The summed E-state index contributed by atoms with van der Waals surface area (Å²) in [5.74, 6) is -0.259. The van der Waals surface area contributed by atoms with E-state index in [1.54, 1.807) is 25.1 Å². The third kappa shape index (κ3) is 2.59. The Labute approximate surface area is 131 Å². The molecule has 1 amide bonds. The van der Waals surface area contributed by atoms with Crippen LogP contribution in [0.1, 0.15) is 38.0 Å². The Morgan fingerprint density at radius 2 is 1.78 bits per heavy atom. The van der Waals surface area contributed by atoms with Gasteiger partial charge in [0.15, 0.2) is 0 Å². The standard InChI is InChI=1S/C17H15NO5/c1-8-9(2)22-10(3)15(8)16(19)18-12-4-5-13-11(6-12)7-14(23-13)17(20)21/h4-7H,1-3H3,(H,18,19)(H,20,21). The lowest BCUT2D eigenvalue weighted by Gasteiger charge is -2.05. The lowest BCUT2D eigenvalue weighted by Crippen LogP contribution is -2.13. The number of carboxylic acid groups (broad SMARTS) is 1. The van der Waals surface area contributed by atoms with E-state index in [2.05, 4.69) is 5.32 Å². The minimum atomic E-state index is -1.13. The molecule has 2 heterocycles. The molecule has 0 bridgehead atoms. The molecule has 6 nitrogen and oxygen atoms in total. The summed E-state index contributed by atoms with van der Waals surface area (Å²) in [5, 5.41) is 12.3. The summed E-state index contributed by atoms with van der Waals surface area (Å²) in [6, 6.07) is 6.37. The predicted molar refractivity (Wildman–Crippen MR) is 84.0 cm³/mol. The number of aryl methyl sites for hydroxylation is 2. The maximum absolute atomic E-state index is 12.4. The number of benzene rings is 1. The van der Waals surface area contributed by atoms with Gasteiger partial charge in [-0.2, -0.15) is 0 Å². The highest BCUT2D eigenvalue weighted by Crippen LogP contribution is 2.25. The van der Waals surface area contributed by atoms with Crippen molar-refractivity contribution in [1.82, 2.24) is 0 Å². The highest BCUT2D eigenvalue weighted by Gasteiger charge is 2.19. The van der Waals surface area contributed by atoms with Crippen LogP contribution in [0, 0.1) is 20.8 Å². The van der Waals surface area contributed by atoms with Crippen LogP contribution < -0.4 is 5.32 Å². The van der Waals surface area contributed by atoms with Crippen molar-refractivity contribution in [3.63, 3.8) is 0 Å². The molecular formula is C17H15NO5. The monoisotopic (exact) mass is 313 g/mol. The Bertz CT molecular complexity index is 932. The second kappa shape index (κ2) is 5.31. The van der Waals surface area contributed by atoms with Gasteiger partial charge in [-0.15, -0.1) is 0 Å². The third-order valence-electron chi connectivity index (χ3n) is 3.77. The maximum atomic E-state index is 12.4. The van der Waals surface area contributed by atoms with Crippen LogP contribution in [0.25, 0.3) is 11.0 Å². The number of furan rings is 2. The molecular weight excluding hydrogens is 298 g/mol. The van der Waals surface area contributed by atoms with Crippen LogP contribution in [-0.4, -0.2) is 17.0 Å². The van der Waals surface area contributed by atoms with E-state index < -0.39 is 5.97 Å². The Kier molecular flexibility index (Phi) is 3.44. The minimum absolute atomic E-state index is 0.138. The molecule has 118 valence electrons. The highest BCUT2D eigenvalue weighted by molar-refractivity contribution is 6.07. The quantitative estimate of drug-likeness (QED) is 0.765. The molecule has 0 fully saturated rings. The zero-order valence-corrected chi connectivity index (χ0v) is 12.9. The van der Waals surface area contributed by atoms with E-state index in [1.165, 1.54) is 6.07 Å². The summed E-state index contributed by atoms with van der Waals surface area (Å²) >= 11 is 0. The average Bonchev–Trinajstić information content (AvgIpc) is 3.00. The molecule has 0 saturated heterocycles. The first kappa shape index (κ1) is 14.9. The molecule has 0 radical (unpaired) electrons. The van der Waals surface area contributed by atoms with Crippen molar-refractivity contribution in [3.8, 4) is 0 Å². The van der Waals surface area contributed by atoms with Crippen LogP contribution in [0.4, 0.5) is 5.69 Å². The first-order valence-electron chi connectivity index (χ1n) is 7.01. The molecule has 0 unspecified atom stereocenters. The number of nitrogens with one attached hydrogen (secondary N) is 1. The zero-order chi connectivity index (χ0) is 16.7. The van der Waals surface area contributed by atoms with Crippen molar-refractivity contribution in [1.29, 1.82) is 0 Å². The van der Waals surface area contributed by atoms with E-state index in [9.17, 15) is 9.59 Å². The number of rotatable bonds is 3. The zero-order valence-electron chi connectivity index (χ0n) is 12.9. The number of carbonyl (C=O) groups is 2. The molecule has 0 spiro atoms. The first-order valence-corrected chi connectivity index (χ1v) is 7.01. The van der Waals surface area contributed by atoms with Gasteiger partial charge in [-0.25, -0.2) is 4.79 Å². The number of hydrogen-bond acceptors (Lipinski definition) is 4. The number of carboxylic acids is 1. The van der Waals surface area contributed by atoms with Gasteiger partial charge in [0.05, 0.1) is 5.56 Å². The maximum Gasteiger partial charge on any atom is 0.371 e. The van der Waals surface area contributed by atoms with Gasteiger partial charge in [0.2, 0.25) is 5.76 Å². The lowest BCUT2D eigenvalue weighted by molar-refractivity contribution is 0.0665. The van der Waals surface area contributed by atoms with E-state index in [0.717, 1.165) is 5.56 Å². The fraction of sp³-hybridized carbons (Fsp3) is 0.176. The molecule has 2 aromatic heterocycles. The second-order valence-corrected chi connectivity index (χ2v) is 5.34. The number of amides is 1. The normalized spacial score (nSPS) is 10.9. The molecule has 2 N–H and O–H groups in total. The number of anilines is 1. The fourth-order valence-electron chi connectivity index (χ4n) is 2.55. The number of carbonyl (C=O) groups excluding carboxylic acids is 1. The SMILES string of the molecule is Cc1oc(C)c(C(=O)Nc2ccc3oc(C(=O)O)cc3c2)c1C. The molecule has 1 aromatic carbocycles. The minimum Gasteiger partial charge on any atom is -0.475 e. The largest absolute Gasteiger partial charge is 0.475 e. The Balaban J connectivity index is 1.91. The smallest absolute Gasteiger partial charge is 0.371 e. The van der Waals surface area contributed by atoms with E-state index in [0.29, 0.717) is 33.7 Å². The fourth-order valence-corrected chi connectivity index (χ4v) is 2.55. The Hall–Kier alpha value is -3.02. The molecule has 0 aliphatic rings. The van der Waals surface area contributed by atoms with Crippen molar-refractivity contribution in [2.24, 2.45) is 0 Å².